The van der Waals surface area contributed by atoms with Crippen LogP contribution in [0.2, 0.25) is 0 Å². The van der Waals surface area contributed by atoms with Crippen LogP contribution in [0, 0.1) is 5.92 Å². The van der Waals surface area contributed by atoms with Crippen molar-refractivity contribution in [1.82, 2.24) is 10.6 Å². The van der Waals surface area contributed by atoms with E-state index in [1.54, 1.807) is 11.3 Å². The zero-order valence-corrected chi connectivity index (χ0v) is 12.7. The van der Waals surface area contributed by atoms with Gasteiger partial charge >= 0.3 is 6.03 Å². The minimum atomic E-state index is -0.205. The molecule has 0 aliphatic rings. The standard InChI is InChI=1S/C14H24N2O2S/c1-10(2)7-12(9-17)16-14(18)15-8-11(3)13-5-4-6-19-13/h4-6,10-12,17H,7-9H2,1-3H3,(H2,15,16,18)/t11-,12-/m1/s1. The Labute approximate surface area is 119 Å². The molecule has 4 nitrogen and oxygen atoms in total. The molecule has 0 aliphatic heterocycles. The number of hydrogen-bond donors (Lipinski definition) is 3. The Morgan fingerprint density at radius 3 is 2.68 bits per heavy atom. The number of hydrogen-bond acceptors (Lipinski definition) is 3. The number of aliphatic hydroxyl groups is 1. The van der Waals surface area contributed by atoms with Crippen LogP contribution in [-0.2, 0) is 0 Å². The van der Waals surface area contributed by atoms with E-state index >= 15 is 0 Å². The first kappa shape index (κ1) is 16.0. The molecule has 0 saturated heterocycles. The maximum absolute atomic E-state index is 11.7. The summed E-state index contributed by atoms with van der Waals surface area (Å²) in [5, 5.41) is 16.9. The molecule has 0 fully saturated rings. The number of carbonyl (C=O) groups is 1. The van der Waals surface area contributed by atoms with E-state index in [0.717, 1.165) is 6.42 Å². The van der Waals surface area contributed by atoms with E-state index in [1.165, 1.54) is 4.88 Å². The number of thiophene rings is 1. The van der Waals surface area contributed by atoms with Crippen LogP contribution in [0.15, 0.2) is 17.5 Å². The molecule has 0 saturated carbocycles. The van der Waals surface area contributed by atoms with E-state index in [-0.39, 0.29) is 18.7 Å². The third-order valence-corrected chi connectivity index (χ3v) is 4.01. The topological polar surface area (TPSA) is 61.4 Å². The van der Waals surface area contributed by atoms with Crippen molar-refractivity contribution in [2.75, 3.05) is 13.2 Å². The van der Waals surface area contributed by atoms with Crippen molar-refractivity contribution in [3.8, 4) is 0 Å². The molecule has 1 rings (SSSR count). The van der Waals surface area contributed by atoms with Crippen LogP contribution in [0.3, 0.4) is 0 Å². The first-order chi connectivity index (χ1) is 9.02. The molecule has 1 aromatic heterocycles. The maximum atomic E-state index is 11.7. The van der Waals surface area contributed by atoms with E-state index in [1.807, 2.05) is 11.4 Å². The maximum Gasteiger partial charge on any atom is 0.315 e. The smallest absolute Gasteiger partial charge is 0.315 e. The van der Waals surface area contributed by atoms with Gasteiger partial charge in [0.25, 0.3) is 0 Å². The third-order valence-electron chi connectivity index (χ3n) is 2.91. The van der Waals surface area contributed by atoms with Crippen LogP contribution in [-0.4, -0.2) is 30.3 Å². The molecule has 0 radical (unpaired) electrons. The number of nitrogens with one attached hydrogen (secondary N) is 2. The molecule has 3 N–H and O–H groups in total. The molecule has 108 valence electrons. The largest absolute Gasteiger partial charge is 0.394 e. The van der Waals surface area contributed by atoms with E-state index < -0.39 is 0 Å². The molecule has 19 heavy (non-hydrogen) atoms. The number of aliphatic hydroxyl groups excluding tert-OH is 1. The minimum Gasteiger partial charge on any atom is -0.394 e. The van der Waals surface area contributed by atoms with Gasteiger partial charge in [-0.3, -0.25) is 0 Å². The minimum absolute atomic E-state index is 0.0217. The molecule has 0 spiro atoms. The van der Waals surface area contributed by atoms with Crippen molar-refractivity contribution >= 4 is 17.4 Å². The second kappa shape index (κ2) is 8.17. The van der Waals surface area contributed by atoms with Crippen LogP contribution >= 0.6 is 11.3 Å². The predicted molar refractivity (Wildman–Crippen MR) is 79.6 cm³/mol. The summed E-state index contributed by atoms with van der Waals surface area (Å²) in [4.78, 5) is 13.0. The summed E-state index contributed by atoms with van der Waals surface area (Å²) in [5.74, 6) is 0.755. The fourth-order valence-corrected chi connectivity index (χ4v) is 2.69. The van der Waals surface area contributed by atoms with Crippen molar-refractivity contribution in [3.63, 3.8) is 0 Å². The quantitative estimate of drug-likeness (QED) is 0.720. The van der Waals surface area contributed by atoms with Gasteiger partial charge in [0.2, 0.25) is 0 Å². The zero-order valence-electron chi connectivity index (χ0n) is 11.8. The highest BCUT2D eigenvalue weighted by atomic mass is 32.1. The first-order valence-corrected chi connectivity index (χ1v) is 7.59. The highest BCUT2D eigenvalue weighted by Gasteiger charge is 2.14. The van der Waals surface area contributed by atoms with Gasteiger partial charge in [0.15, 0.2) is 0 Å². The van der Waals surface area contributed by atoms with Gasteiger partial charge in [0.05, 0.1) is 12.6 Å². The van der Waals surface area contributed by atoms with Gasteiger partial charge in [-0.25, -0.2) is 4.79 Å². The Kier molecular flexibility index (Phi) is 6.87. The zero-order chi connectivity index (χ0) is 14.3. The molecular formula is C14H24N2O2S. The Balaban J connectivity index is 2.30. The summed E-state index contributed by atoms with van der Waals surface area (Å²) < 4.78 is 0. The number of carbonyl (C=O) groups excluding carboxylic acids is 1. The van der Waals surface area contributed by atoms with Gasteiger partial charge in [0.1, 0.15) is 0 Å². The lowest BCUT2D eigenvalue weighted by Crippen LogP contribution is -2.45. The molecule has 0 aromatic carbocycles. The van der Waals surface area contributed by atoms with E-state index in [4.69, 9.17) is 0 Å². The second-order valence-electron chi connectivity index (χ2n) is 5.28. The van der Waals surface area contributed by atoms with Gasteiger partial charge in [-0.2, -0.15) is 0 Å². The Hall–Kier alpha value is -1.07. The fourth-order valence-electron chi connectivity index (χ4n) is 1.90. The summed E-state index contributed by atoms with van der Waals surface area (Å²) in [7, 11) is 0. The van der Waals surface area contributed by atoms with Crippen LogP contribution < -0.4 is 10.6 Å². The Morgan fingerprint density at radius 1 is 1.42 bits per heavy atom. The van der Waals surface area contributed by atoms with Crippen LogP contribution in [0.4, 0.5) is 4.79 Å². The summed E-state index contributed by atoms with van der Waals surface area (Å²) in [6, 6.07) is 3.71. The van der Waals surface area contributed by atoms with Crippen molar-refractivity contribution in [2.24, 2.45) is 5.92 Å². The summed E-state index contributed by atoms with van der Waals surface area (Å²) in [6.45, 7) is 6.81. The lowest BCUT2D eigenvalue weighted by Gasteiger charge is -2.19. The summed E-state index contributed by atoms with van der Waals surface area (Å²) in [5.41, 5.74) is 0. The highest BCUT2D eigenvalue weighted by Crippen LogP contribution is 2.19. The number of amides is 2. The van der Waals surface area contributed by atoms with Gasteiger partial charge in [-0.15, -0.1) is 11.3 Å². The van der Waals surface area contributed by atoms with Gasteiger partial charge < -0.3 is 15.7 Å². The number of rotatable bonds is 7. The lowest BCUT2D eigenvalue weighted by molar-refractivity contribution is 0.206. The third kappa shape index (κ3) is 6.07. The molecule has 2 amide bonds. The van der Waals surface area contributed by atoms with Crippen LogP contribution in [0.25, 0.3) is 0 Å². The lowest BCUT2D eigenvalue weighted by atomic mass is 10.0. The average molecular weight is 284 g/mol. The second-order valence-corrected chi connectivity index (χ2v) is 6.26. The molecule has 0 unspecified atom stereocenters. The molecule has 1 aromatic rings. The van der Waals surface area contributed by atoms with E-state index in [2.05, 4.69) is 37.5 Å². The first-order valence-electron chi connectivity index (χ1n) is 6.71. The van der Waals surface area contributed by atoms with Crippen molar-refractivity contribution < 1.29 is 9.90 Å². The van der Waals surface area contributed by atoms with Gasteiger partial charge in [-0.05, 0) is 23.8 Å². The fraction of sp³-hybridized carbons (Fsp3) is 0.643. The Bertz CT molecular complexity index is 366. The summed E-state index contributed by atoms with van der Waals surface area (Å²) in [6.07, 6.45) is 0.782. The number of urea groups is 1. The van der Waals surface area contributed by atoms with Crippen LogP contribution in [0.1, 0.15) is 38.0 Å². The Morgan fingerprint density at radius 2 is 2.16 bits per heavy atom. The molecule has 2 atom stereocenters. The normalized spacial score (nSPS) is 14.2. The van der Waals surface area contributed by atoms with Crippen molar-refractivity contribution in [1.29, 1.82) is 0 Å². The predicted octanol–water partition coefficient (Wildman–Crippen LogP) is 2.56. The molecule has 5 heteroatoms. The van der Waals surface area contributed by atoms with Crippen LogP contribution in [0.5, 0.6) is 0 Å². The molecular weight excluding hydrogens is 260 g/mol. The van der Waals surface area contributed by atoms with Gasteiger partial charge in [-0.1, -0.05) is 26.8 Å². The average Bonchev–Trinajstić information content (AvgIpc) is 2.88. The molecule has 1 heterocycles. The highest BCUT2D eigenvalue weighted by molar-refractivity contribution is 7.10. The molecule has 0 aliphatic carbocycles. The van der Waals surface area contributed by atoms with Crippen molar-refractivity contribution in [3.05, 3.63) is 22.4 Å². The van der Waals surface area contributed by atoms with E-state index in [0.29, 0.717) is 18.4 Å². The summed E-state index contributed by atoms with van der Waals surface area (Å²) >= 11 is 1.70. The van der Waals surface area contributed by atoms with E-state index in [9.17, 15) is 9.90 Å². The SMILES string of the molecule is CC(C)C[C@H](CO)NC(=O)NC[C@@H](C)c1cccs1. The van der Waals surface area contributed by atoms with Gasteiger partial charge in [0, 0.05) is 17.3 Å². The monoisotopic (exact) mass is 284 g/mol. The molecule has 0 bridgehead atoms. The van der Waals surface area contributed by atoms with Crippen molar-refractivity contribution in [2.45, 2.75) is 39.2 Å².